The van der Waals surface area contributed by atoms with E-state index in [1.165, 1.54) is 0 Å². The summed E-state index contributed by atoms with van der Waals surface area (Å²) in [6.07, 6.45) is 8.66. The van der Waals surface area contributed by atoms with Crippen LogP contribution in [-0.2, 0) is 4.79 Å². The third kappa shape index (κ3) is 2.34. The molecule has 1 aliphatic carbocycles. The third-order valence-corrected chi connectivity index (χ3v) is 4.98. The third-order valence-electron chi connectivity index (χ3n) is 4.98. The van der Waals surface area contributed by atoms with Crippen molar-refractivity contribution in [3.8, 4) is 0 Å². The summed E-state index contributed by atoms with van der Waals surface area (Å²) in [6.45, 7) is 3.70. The number of likely N-dealkylation sites (tertiary alicyclic amines) is 1. The van der Waals surface area contributed by atoms with Gasteiger partial charge < -0.3 is 13.9 Å². The van der Waals surface area contributed by atoms with Gasteiger partial charge in [-0.3, -0.25) is 4.79 Å². The fourth-order valence-corrected chi connectivity index (χ4v) is 3.67. The van der Waals surface area contributed by atoms with E-state index in [9.17, 15) is 4.79 Å². The zero-order valence-electron chi connectivity index (χ0n) is 12.8. The van der Waals surface area contributed by atoms with Crippen molar-refractivity contribution >= 4 is 5.91 Å². The lowest BCUT2D eigenvalue weighted by atomic mass is 10.0. The molecule has 0 spiro atoms. The lowest BCUT2D eigenvalue weighted by molar-refractivity contribution is -0.134. The van der Waals surface area contributed by atoms with Crippen LogP contribution < -0.4 is 0 Å². The van der Waals surface area contributed by atoms with Crippen LogP contribution in [0.25, 0.3) is 0 Å². The van der Waals surface area contributed by atoms with Crippen LogP contribution in [0.4, 0.5) is 0 Å². The van der Waals surface area contributed by atoms with Gasteiger partial charge in [-0.1, -0.05) is 0 Å². The zero-order valence-corrected chi connectivity index (χ0v) is 12.8. The average Bonchev–Trinajstić information content (AvgIpc) is 2.95. The molecule has 3 atom stereocenters. The first-order valence-electron chi connectivity index (χ1n) is 8.05. The smallest absolute Gasteiger partial charge is 0.226 e. The Kier molecular flexibility index (Phi) is 3.28. The van der Waals surface area contributed by atoms with E-state index >= 15 is 0 Å². The first-order valence-corrected chi connectivity index (χ1v) is 8.05. The molecule has 22 heavy (non-hydrogen) atoms. The number of imidazole rings is 1. The highest BCUT2D eigenvalue weighted by Crippen LogP contribution is 2.49. The van der Waals surface area contributed by atoms with Crippen molar-refractivity contribution in [3.63, 3.8) is 0 Å². The number of hydrogen-bond acceptors (Lipinski definition) is 3. The van der Waals surface area contributed by atoms with E-state index in [2.05, 4.69) is 9.55 Å². The highest BCUT2D eigenvalue weighted by molar-refractivity contribution is 5.83. The number of amides is 1. The monoisotopic (exact) mass is 299 g/mol. The number of rotatable bonds is 3. The van der Waals surface area contributed by atoms with Gasteiger partial charge in [-0.15, -0.1) is 0 Å². The van der Waals surface area contributed by atoms with E-state index in [0.29, 0.717) is 11.9 Å². The molecule has 0 bridgehead atoms. The predicted molar refractivity (Wildman–Crippen MR) is 81.4 cm³/mol. The molecule has 1 amide bonds. The summed E-state index contributed by atoms with van der Waals surface area (Å²) in [5, 5.41) is 0. The molecule has 2 aromatic heterocycles. The second-order valence-electron chi connectivity index (χ2n) is 6.43. The Bertz CT molecular complexity index is 661. The highest BCUT2D eigenvalue weighted by Gasteiger charge is 2.48. The fourth-order valence-electron chi connectivity index (χ4n) is 3.67. The van der Waals surface area contributed by atoms with Crippen molar-refractivity contribution in [1.82, 2.24) is 14.5 Å². The largest absolute Gasteiger partial charge is 0.469 e. The Balaban J connectivity index is 1.43. The molecular formula is C17H21N3O2. The molecule has 5 heteroatoms. The van der Waals surface area contributed by atoms with Crippen molar-refractivity contribution in [2.45, 2.75) is 38.1 Å². The van der Waals surface area contributed by atoms with Gasteiger partial charge in [-0.2, -0.15) is 0 Å². The van der Waals surface area contributed by atoms with Crippen LogP contribution in [0.1, 0.15) is 42.8 Å². The molecule has 4 rings (SSSR count). The van der Waals surface area contributed by atoms with E-state index in [1.807, 2.05) is 36.4 Å². The lowest BCUT2D eigenvalue weighted by Crippen LogP contribution is -2.41. The molecular weight excluding hydrogens is 278 g/mol. The molecule has 0 N–H and O–H groups in total. The number of aromatic nitrogens is 2. The Morgan fingerprint density at radius 2 is 2.36 bits per heavy atom. The summed E-state index contributed by atoms with van der Waals surface area (Å²) < 4.78 is 7.64. The van der Waals surface area contributed by atoms with Gasteiger partial charge >= 0.3 is 0 Å². The van der Waals surface area contributed by atoms with Crippen LogP contribution in [0.5, 0.6) is 0 Å². The van der Waals surface area contributed by atoms with Gasteiger partial charge in [0, 0.05) is 37.3 Å². The van der Waals surface area contributed by atoms with Crippen molar-refractivity contribution < 1.29 is 9.21 Å². The first kappa shape index (κ1) is 13.6. The number of carbonyl (C=O) groups is 1. The Labute approximate surface area is 129 Å². The number of nitrogens with zero attached hydrogens (tertiary/aromatic N) is 3. The maximum atomic E-state index is 12.7. The number of carbonyl (C=O) groups excluding carboxylic acids is 1. The van der Waals surface area contributed by atoms with E-state index in [1.54, 1.807) is 6.26 Å². The summed E-state index contributed by atoms with van der Waals surface area (Å²) in [5.74, 6) is 2.69. The molecule has 0 radical (unpaired) electrons. The molecule has 0 unspecified atom stereocenters. The van der Waals surface area contributed by atoms with Crippen LogP contribution in [0.2, 0.25) is 0 Å². The van der Waals surface area contributed by atoms with Crippen molar-refractivity contribution in [2.75, 3.05) is 13.1 Å². The summed E-state index contributed by atoms with van der Waals surface area (Å²) >= 11 is 0. The van der Waals surface area contributed by atoms with E-state index in [-0.39, 0.29) is 11.8 Å². The number of piperidine rings is 1. The minimum Gasteiger partial charge on any atom is -0.469 e. The van der Waals surface area contributed by atoms with E-state index in [4.69, 9.17) is 4.42 Å². The Morgan fingerprint density at radius 3 is 3.09 bits per heavy atom. The zero-order chi connectivity index (χ0) is 15.1. The molecule has 2 aromatic rings. The van der Waals surface area contributed by atoms with Crippen LogP contribution in [-0.4, -0.2) is 33.4 Å². The van der Waals surface area contributed by atoms with Crippen LogP contribution >= 0.6 is 0 Å². The fraction of sp³-hybridized carbons (Fsp3) is 0.529. The molecule has 3 heterocycles. The summed E-state index contributed by atoms with van der Waals surface area (Å²) in [7, 11) is 0. The molecule has 5 nitrogen and oxygen atoms in total. The summed E-state index contributed by atoms with van der Waals surface area (Å²) in [6, 6.07) is 4.24. The number of aryl methyl sites for hydroxylation is 1. The summed E-state index contributed by atoms with van der Waals surface area (Å²) in [5.41, 5.74) is 0. The van der Waals surface area contributed by atoms with Crippen molar-refractivity contribution in [3.05, 3.63) is 42.4 Å². The Hall–Kier alpha value is -2.04. The maximum Gasteiger partial charge on any atom is 0.226 e. The lowest BCUT2D eigenvalue weighted by Gasteiger charge is -2.34. The molecule has 0 aromatic carbocycles. The Morgan fingerprint density at radius 1 is 1.45 bits per heavy atom. The molecule has 1 saturated carbocycles. The highest BCUT2D eigenvalue weighted by atomic mass is 16.3. The quantitative estimate of drug-likeness (QED) is 0.875. The van der Waals surface area contributed by atoms with Crippen LogP contribution in [0.3, 0.4) is 0 Å². The number of furan rings is 1. The normalized spacial score (nSPS) is 27.9. The molecule has 1 aliphatic heterocycles. The minimum atomic E-state index is 0.119. The predicted octanol–water partition coefficient (Wildman–Crippen LogP) is 2.75. The molecule has 2 fully saturated rings. The molecule has 1 saturated heterocycles. The van der Waals surface area contributed by atoms with Gasteiger partial charge in [-0.25, -0.2) is 4.98 Å². The van der Waals surface area contributed by atoms with E-state index in [0.717, 1.165) is 43.9 Å². The van der Waals surface area contributed by atoms with Gasteiger partial charge in [0.25, 0.3) is 0 Å². The minimum absolute atomic E-state index is 0.119. The SMILES string of the molecule is Cc1nccn1[C@@H]1CCCN(C(=O)[C@H]2C[C@H]2c2ccco2)C1. The second-order valence-corrected chi connectivity index (χ2v) is 6.43. The molecule has 2 aliphatic rings. The van der Waals surface area contributed by atoms with Gasteiger partial charge in [0.1, 0.15) is 11.6 Å². The topological polar surface area (TPSA) is 51.3 Å². The first-order chi connectivity index (χ1) is 10.7. The van der Waals surface area contributed by atoms with Crippen molar-refractivity contribution in [2.24, 2.45) is 5.92 Å². The number of hydrogen-bond donors (Lipinski definition) is 0. The average molecular weight is 299 g/mol. The van der Waals surface area contributed by atoms with Gasteiger partial charge in [0.15, 0.2) is 0 Å². The molecule has 116 valence electrons. The van der Waals surface area contributed by atoms with Gasteiger partial charge in [0.2, 0.25) is 5.91 Å². The van der Waals surface area contributed by atoms with Crippen molar-refractivity contribution in [1.29, 1.82) is 0 Å². The maximum absolute atomic E-state index is 12.7. The van der Waals surface area contributed by atoms with E-state index < -0.39 is 0 Å². The summed E-state index contributed by atoms with van der Waals surface area (Å²) in [4.78, 5) is 19.1. The van der Waals surface area contributed by atoms with Crippen LogP contribution in [0.15, 0.2) is 35.2 Å². The van der Waals surface area contributed by atoms with Gasteiger partial charge in [-0.05, 0) is 38.3 Å². The standard InChI is InChI=1S/C17H21N3O2/c1-12-18-6-8-20(12)13-4-2-7-19(11-13)17(21)15-10-14(15)16-5-3-9-22-16/h3,5-6,8-9,13-15H,2,4,7,10-11H2,1H3/t13-,14-,15+/m1/s1. The van der Waals surface area contributed by atoms with Gasteiger partial charge in [0.05, 0.1) is 12.3 Å². The van der Waals surface area contributed by atoms with Crippen LogP contribution in [0, 0.1) is 12.8 Å². The second kappa shape index (κ2) is 5.30.